The quantitative estimate of drug-likeness (QED) is 0.215. The molecule has 2 aromatic rings. The minimum absolute atomic E-state index is 0.228. The molecule has 0 bridgehead atoms. The van der Waals surface area contributed by atoms with Gasteiger partial charge in [0.1, 0.15) is 0 Å². The lowest BCUT2D eigenvalue weighted by Gasteiger charge is -2.41. The average Bonchev–Trinajstić information content (AvgIpc) is 3.70. The van der Waals surface area contributed by atoms with Crippen LogP contribution in [0.2, 0.25) is 0 Å². The molecular formula is C50H84P2. The fourth-order valence-corrected chi connectivity index (χ4v) is 20.2. The van der Waals surface area contributed by atoms with Gasteiger partial charge in [-0.1, -0.05) is 133 Å². The van der Waals surface area contributed by atoms with Crippen LogP contribution in [0.5, 0.6) is 0 Å². The maximum absolute atomic E-state index is 2.79. The predicted molar refractivity (Wildman–Crippen MR) is 235 cm³/mol. The van der Waals surface area contributed by atoms with Gasteiger partial charge in [-0.05, 0) is 180 Å². The van der Waals surface area contributed by atoms with Crippen LogP contribution >= 0.6 is 15.1 Å². The molecule has 0 spiro atoms. The third kappa shape index (κ3) is 8.90. The standard InChI is InChI=1S/C50H84P2/c1-31(2)39-17-13-35(9)27-43(39)47-21-22-48(44-28-36(10)14-18-40(44)32(3)4)51(47)25-26-52-49(45-29-37(11)15-19-41(45)33(5)6)23-24-50(52)46-30-38(12)16-20-42(46)34(7)8/h21-24,31-46H,13-20,25-30H2,1-12H3/t35-,36-,37-,38?,39+,40+,41+,42+,43-,44-,45-,46-,52?/m1/s1. The van der Waals surface area contributed by atoms with Crippen molar-refractivity contribution >= 4 is 15.1 Å². The summed E-state index contributed by atoms with van der Waals surface area (Å²) in [5, 5.41) is 7.88. The van der Waals surface area contributed by atoms with Gasteiger partial charge in [0.2, 0.25) is 0 Å². The number of hydrogen-bond acceptors (Lipinski definition) is 0. The molecule has 0 nitrogen and oxygen atoms in total. The summed E-state index contributed by atoms with van der Waals surface area (Å²) >= 11 is 0. The molecule has 0 saturated heterocycles. The Morgan fingerprint density at radius 3 is 0.788 bits per heavy atom. The molecule has 4 aliphatic carbocycles. The molecule has 0 aliphatic heterocycles. The van der Waals surface area contributed by atoms with Gasteiger partial charge in [-0.2, -0.15) is 0 Å². The molecule has 294 valence electrons. The van der Waals surface area contributed by atoms with E-state index in [2.05, 4.69) is 107 Å². The van der Waals surface area contributed by atoms with Gasteiger partial charge in [-0.15, -0.1) is 15.1 Å². The fraction of sp³-hybridized carbons (Fsp3) is 0.840. The summed E-state index contributed by atoms with van der Waals surface area (Å²) in [6.45, 7) is 30.8. The average molecular weight is 747 g/mol. The Labute approximate surface area is 326 Å². The lowest BCUT2D eigenvalue weighted by molar-refractivity contribution is 0.198. The van der Waals surface area contributed by atoms with Crippen molar-refractivity contribution in [2.24, 2.45) is 71.0 Å². The molecular weight excluding hydrogens is 662 g/mol. The molecule has 0 aromatic carbocycles. The van der Waals surface area contributed by atoms with Gasteiger partial charge in [0.05, 0.1) is 0 Å². The highest BCUT2D eigenvalue weighted by Gasteiger charge is 2.40. The molecule has 2 heterocycles. The van der Waals surface area contributed by atoms with E-state index in [0.29, 0.717) is 0 Å². The predicted octanol–water partition coefficient (Wildman–Crippen LogP) is 17.1. The second kappa shape index (κ2) is 17.8. The third-order valence-corrected chi connectivity index (χ3v) is 22.4. The molecule has 0 amide bonds. The molecule has 13 atom stereocenters. The highest BCUT2D eigenvalue weighted by atomic mass is 31.1. The Balaban J connectivity index is 1.46. The Morgan fingerprint density at radius 2 is 0.596 bits per heavy atom. The zero-order chi connectivity index (χ0) is 37.4. The van der Waals surface area contributed by atoms with Gasteiger partial charge in [0.25, 0.3) is 0 Å². The second-order valence-electron chi connectivity index (χ2n) is 21.4. The van der Waals surface area contributed by atoms with E-state index in [1.165, 1.54) is 89.4 Å². The van der Waals surface area contributed by atoms with Crippen LogP contribution in [0.1, 0.15) is 205 Å². The van der Waals surface area contributed by atoms with E-state index >= 15 is 0 Å². The van der Waals surface area contributed by atoms with E-state index < -0.39 is 0 Å². The van der Waals surface area contributed by atoms with Crippen LogP contribution in [0, 0.1) is 71.0 Å². The maximum Gasteiger partial charge on any atom is -0.00625 e. The first kappa shape index (κ1) is 41.2. The van der Waals surface area contributed by atoms with Crippen LogP contribution in [-0.4, -0.2) is 0 Å². The zero-order valence-electron chi connectivity index (χ0n) is 36.3. The SMILES string of the molecule is CC1CC[C@@H](C(C)C)[C@H](c2ccc([C@@H]3C[C@H](C)CC[C@H]3C(C)C)p2CCp2c([C@@H]3C[C@H](C)CC[C@H]3C(C)C)ccc2[C@@H]2C[C@H](C)CC[C@H]2C(C)C)C1. The molecule has 0 N–H and O–H groups in total. The molecule has 4 saturated carbocycles. The summed E-state index contributed by atoms with van der Waals surface area (Å²) in [6.07, 6.45) is 20.3. The second-order valence-corrected chi connectivity index (χ2v) is 26.1. The minimum Gasteiger partial charge on any atom is -0.117 e. The van der Waals surface area contributed by atoms with Gasteiger partial charge < -0.3 is 0 Å². The Bertz CT molecular complexity index is 1200. The van der Waals surface area contributed by atoms with Gasteiger partial charge in [-0.25, -0.2) is 0 Å². The molecule has 4 aliphatic rings. The summed E-state index contributed by atoms with van der Waals surface area (Å²) in [5.74, 6) is 13.5. The van der Waals surface area contributed by atoms with Crippen molar-refractivity contribution in [2.45, 2.75) is 196 Å². The zero-order valence-corrected chi connectivity index (χ0v) is 38.1. The van der Waals surface area contributed by atoms with Gasteiger partial charge in [-0.3, -0.25) is 0 Å². The first-order chi connectivity index (χ1) is 24.7. The molecule has 52 heavy (non-hydrogen) atoms. The van der Waals surface area contributed by atoms with Gasteiger partial charge in [0, 0.05) is 0 Å². The summed E-state index contributed by atoms with van der Waals surface area (Å²) in [6, 6.07) is 11.2. The topological polar surface area (TPSA) is 0 Å². The van der Waals surface area contributed by atoms with Crippen molar-refractivity contribution in [3.8, 4) is 0 Å². The lowest BCUT2D eigenvalue weighted by Crippen LogP contribution is -2.26. The summed E-state index contributed by atoms with van der Waals surface area (Å²) < 4.78 is 0. The summed E-state index contributed by atoms with van der Waals surface area (Å²) in [7, 11) is -0.457. The van der Waals surface area contributed by atoms with E-state index in [1.54, 1.807) is 0 Å². The number of rotatable bonds is 11. The Morgan fingerprint density at radius 1 is 0.385 bits per heavy atom. The molecule has 2 aromatic heterocycles. The summed E-state index contributed by atoms with van der Waals surface area (Å²) in [4.78, 5) is 0. The third-order valence-electron chi connectivity index (χ3n) is 16.3. The van der Waals surface area contributed by atoms with Crippen LogP contribution in [0.3, 0.4) is 0 Å². The Hall–Kier alpha value is -0.440. The van der Waals surface area contributed by atoms with Crippen LogP contribution in [0.4, 0.5) is 0 Å². The molecule has 0 radical (unpaired) electrons. The molecule has 6 rings (SSSR count). The van der Waals surface area contributed by atoms with E-state index in [4.69, 9.17) is 0 Å². The lowest BCUT2D eigenvalue weighted by atomic mass is 9.69. The van der Waals surface area contributed by atoms with Crippen molar-refractivity contribution < 1.29 is 0 Å². The fourth-order valence-electron chi connectivity index (χ4n) is 13.2. The highest BCUT2D eigenvalue weighted by Crippen LogP contribution is 2.62. The van der Waals surface area contributed by atoms with Crippen molar-refractivity contribution in [3.05, 3.63) is 45.4 Å². The van der Waals surface area contributed by atoms with Gasteiger partial charge >= 0.3 is 0 Å². The molecule has 2 unspecified atom stereocenters. The smallest absolute Gasteiger partial charge is 0.00625 e. The van der Waals surface area contributed by atoms with Crippen molar-refractivity contribution in [1.29, 1.82) is 0 Å². The number of hydrogen-bond donors (Lipinski definition) is 0. The van der Waals surface area contributed by atoms with Crippen molar-refractivity contribution in [3.63, 3.8) is 0 Å². The monoisotopic (exact) mass is 747 g/mol. The summed E-state index contributed by atoms with van der Waals surface area (Å²) in [5.41, 5.74) is 0. The van der Waals surface area contributed by atoms with Crippen LogP contribution in [-0.2, 0) is 12.3 Å². The van der Waals surface area contributed by atoms with Gasteiger partial charge in [0.15, 0.2) is 0 Å². The Kier molecular flexibility index (Phi) is 14.1. The largest absolute Gasteiger partial charge is 0.117 e. The highest BCUT2D eigenvalue weighted by molar-refractivity contribution is 7.54. The molecule has 2 heteroatoms. The van der Waals surface area contributed by atoms with E-state index in [-0.39, 0.29) is 15.1 Å². The molecule has 4 fully saturated rings. The van der Waals surface area contributed by atoms with Crippen LogP contribution < -0.4 is 0 Å². The van der Waals surface area contributed by atoms with Crippen molar-refractivity contribution in [2.75, 3.05) is 0 Å². The van der Waals surface area contributed by atoms with E-state index in [9.17, 15) is 0 Å². The van der Waals surface area contributed by atoms with Crippen LogP contribution in [0.25, 0.3) is 0 Å². The maximum atomic E-state index is 2.79. The van der Waals surface area contributed by atoms with E-state index in [0.717, 1.165) is 94.7 Å². The first-order valence-corrected chi connectivity index (χ1v) is 26.2. The van der Waals surface area contributed by atoms with Crippen LogP contribution in [0.15, 0.2) is 24.3 Å². The normalized spacial score (nSPS) is 36.7. The van der Waals surface area contributed by atoms with E-state index in [1.807, 2.05) is 21.2 Å². The van der Waals surface area contributed by atoms with Crippen molar-refractivity contribution in [1.82, 2.24) is 0 Å². The minimum atomic E-state index is -0.228. The first-order valence-electron chi connectivity index (χ1n) is 23.1.